The van der Waals surface area contributed by atoms with E-state index in [1.165, 1.54) is 6.07 Å². The smallest absolute Gasteiger partial charge is 0.165 e. The summed E-state index contributed by atoms with van der Waals surface area (Å²) in [5.41, 5.74) is 2.02. The molecule has 0 aliphatic carbocycles. The number of halogens is 1. The number of benzene rings is 1. The van der Waals surface area contributed by atoms with Gasteiger partial charge >= 0.3 is 0 Å². The number of nitrogens with zero attached hydrogens (tertiary/aromatic N) is 2. The summed E-state index contributed by atoms with van der Waals surface area (Å²) < 4.78 is 19.6. The van der Waals surface area contributed by atoms with Crippen LogP contribution in [0.5, 0.6) is 5.75 Å². The van der Waals surface area contributed by atoms with Gasteiger partial charge in [0.2, 0.25) is 0 Å². The van der Waals surface area contributed by atoms with Gasteiger partial charge in [-0.3, -0.25) is 0 Å². The first-order chi connectivity index (χ1) is 12.1. The third-order valence-electron chi connectivity index (χ3n) is 4.75. The van der Waals surface area contributed by atoms with Crippen molar-refractivity contribution >= 4 is 5.82 Å². The van der Waals surface area contributed by atoms with Gasteiger partial charge in [0.25, 0.3) is 0 Å². The van der Waals surface area contributed by atoms with Gasteiger partial charge in [-0.1, -0.05) is 18.2 Å². The molecule has 0 amide bonds. The Hall–Kier alpha value is -2.14. The van der Waals surface area contributed by atoms with Crippen molar-refractivity contribution in [3.05, 3.63) is 53.5 Å². The van der Waals surface area contributed by atoms with Crippen molar-refractivity contribution in [2.45, 2.75) is 45.3 Å². The minimum Gasteiger partial charge on any atom is -0.490 e. The average molecular weight is 343 g/mol. The highest BCUT2D eigenvalue weighted by Gasteiger charge is 2.21. The summed E-state index contributed by atoms with van der Waals surface area (Å²) in [6.45, 7) is 5.53. The van der Waals surface area contributed by atoms with Crippen molar-refractivity contribution in [1.82, 2.24) is 10.3 Å². The van der Waals surface area contributed by atoms with Crippen molar-refractivity contribution in [2.75, 3.05) is 18.6 Å². The molecule has 0 spiro atoms. The lowest BCUT2D eigenvalue weighted by atomic mass is 10.0. The van der Waals surface area contributed by atoms with E-state index < -0.39 is 0 Å². The number of pyridine rings is 1. The Balaban J connectivity index is 1.69. The summed E-state index contributed by atoms with van der Waals surface area (Å²) in [5, 5.41) is 3.53. The van der Waals surface area contributed by atoms with E-state index in [1.807, 2.05) is 25.4 Å². The first kappa shape index (κ1) is 17.7. The topological polar surface area (TPSA) is 37.4 Å². The van der Waals surface area contributed by atoms with Crippen molar-refractivity contribution in [2.24, 2.45) is 0 Å². The lowest BCUT2D eigenvalue weighted by molar-refractivity contribution is 0.300. The second kappa shape index (κ2) is 7.83. The molecule has 0 radical (unpaired) electrons. The predicted octanol–water partition coefficient (Wildman–Crippen LogP) is 4.07. The summed E-state index contributed by atoms with van der Waals surface area (Å²) in [5.74, 6) is 1.08. The summed E-state index contributed by atoms with van der Waals surface area (Å²) in [6, 6.07) is 9.78. The van der Waals surface area contributed by atoms with Crippen LogP contribution in [0.1, 0.15) is 43.9 Å². The quantitative estimate of drug-likeness (QED) is 0.888. The standard InChI is InChI=1S/C20H26FN3O/c1-14(2)24(3)19-10-9-15(13-23-19)12-22-18-8-5-11-25-20-16(18)6-4-7-17(20)21/h4,6-7,9-10,13-14,18,22H,5,8,11-12H2,1-3H3/t18-/m0/s1. The Morgan fingerprint density at radius 1 is 1.32 bits per heavy atom. The lowest BCUT2D eigenvalue weighted by Crippen LogP contribution is -2.26. The van der Waals surface area contributed by atoms with E-state index in [2.05, 4.69) is 35.1 Å². The van der Waals surface area contributed by atoms with Crippen LogP contribution in [0, 0.1) is 5.82 Å². The highest BCUT2D eigenvalue weighted by Crippen LogP contribution is 2.33. The maximum atomic E-state index is 14.0. The molecular formula is C20H26FN3O. The van der Waals surface area contributed by atoms with Crippen LogP contribution in [-0.2, 0) is 6.54 Å². The Bertz CT molecular complexity index is 703. The fourth-order valence-electron chi connectivity index (χ4n) is 3.02. The number of aromatic nitrogens is 1. The van der Waals surface area contributed by atoms with Crippen LogP contribution in [0.2, 0.25) is 0 Å². The second-order valence-electron chi connectivity index (χ2n) is 6.81. The van der Waals surface area contributed by atoms with Gasteiger partial charge in [-0.05, 0) is 44.4 Å². The van der Waals surface area contributed by atoms with Crippen molar-refractivity contribution in [3.8, 4) is 5.75 Å². The van der Waals surface area contributed by atoms with Crippen molar-refractivity contribution in [3.63, 3.8) is 0 Å². The summed E-state index contributed by atoms with van der Waals surface area (Å²) in [6.07, 6.45) is 3.74. The van der Waals surface area contributed by atoms with E-state index in [4.69, 9.17) is 4.74 Å². The van der Waals surface area contributed by atoms with Crippen LogP contribution < -0.4 is 15.0 Å². The molecule has 1 aromatic carbocycles. The van der Waals surface area contributed by atoms with Crippen molar-refractivity contribution in [1.29, 1.82) is 0 Å². The third kappa shape index (κ3) is 4.10. The van der Waals surface area contributed by atoms with Crippen LogP contribution in [0.15, 0.2) is 36.5 Å². The van der Waals surface area contributed by atoms with E-state index in [1.54, 1.807) is 6.07 Å². The van der Waals surface area contributed by atoms with Gasteiger partial charge in [-0.15, -0.1) is 0 Å². The molecule has 5 heteroatoms. The zero-order valence-corrected chi connectivity index (χ0v) is 15.1. The number of hydrogen-bond acceptors (Lipinski definition) is 4. The summed E-state index contributed by atoms with van der Waals surface area (Å²) in [7, 11) is 2.04. The minimum atomic E-state index is -0.283. The molecule has 1 aliphatic heterocycles. The molecule has 0 saturated heterocycles. The molecule has 0 saturated carbocycles. The van der Waals surface area contributed by atoms with E-state index in [0.717, 1.165) is 29.8 Å². The molecular weight excluding hydrogens is 317 g/mol. The molecule has 0 fully saturated rings. The minimum absolute atomic E-state index is 0.0891. The molecule has 1 aromatic heterocycles. The molecule has 2 aromatic rings. The average Bonchev–Trinajstić information content (AvgIpc) is 2.83. The Labute approximate surface area is 149 Å². The molecule has 3 rings (SSSR count). The fourth-order valence-corrected chi connectivity index (χ4v) is 3.02. The number of para-hydroxylation sites is 1. The van der Waals surface area contributed by atoms with E-state index in [9.17, 15) is 4.39 Å². The Kier molecular flexibility index (Phi) is 5.53. The van der Waals surface area contributed by atoms with Crippen molar-refractivity contribution < 1.29 is 9.13 Å². The molecule has 1 aliphatic rings. The number of ether oxygens (including phenoxy) is 1. The predicted molar refractivity (Wildman–Crippen MR) is 98.5 cm³/mol. The number of fused-ring (bicyclic) bond motifs is 1. The zero-order valence-electron chi connectivity index (χ0n) is 15.1. The molecule has 134 valence electrons. The molecule has 1 N–H and O–H groups in total. The Morgan fingerprint density at radius 2 is 2.16 bits per heavy atom. The van der Waals surface area contributed by atoms with Crippen LogP contribution in [0.3, 0.4) is 0 Å². The summed E-state index contributed by atoms with van der Waals surface area (Å²) in [4.78, 5) is 6.68. The highest BCUT2D eigenvalue weighted by atomic mass is 19.1. The highest BCUT2D eigenvalue weighted by molar-refractivity contribution is 5.40. The largest absolute Gasteiger partial charge is 0.490 e. The van der Waals surface area contributed by atoms with Gasteiger partial charge < -0.3 is 15.0 Å². The number of rotatable bonds is 5. The molecule has 0 unspecified atom stereocenters. The van der Waals surface area contributed by atoms with Gasteiger partial charge in [-0.2, -0.15) is 0 Å². The van der Waals surface area contributed by atoms with Gasteiger partial charge in [-0.25, -0.2) is 9.37 Å². The molecule has 25 heavy (non-hydrogen) atoms. The van der Waals surface area contributed by atoms with Crippen LogP contribution >= 0.6 is 0 Å². The molecule has 0 bridgehead atoms. The summed E-state index contributed by atoms with van der Waals surface area (Å²) >= 11 is 0. The van der Waals surface area contributed by atoms with Crippen LogP contribution in [0.4, 0.5) is 10.2 Å². The first-order valence-electron chi connectivity index (χ1n) is 8.88. The molecule has 1 atom stereocenters. The van der Waals surface area contributed by atoms with E-state index >= 15 is 0 Å². The zero-order chi connectivity index (χ0) is 17.8. The number of nitrogens with one attached hydrogen (secondary N) is 1. The van der Waals surface area contributed by atoms with Crippen LogP contribution in [-0.4, -0.2) is 24.7 Å². The SMILES string of the molecule is CC(C)N(C)c1ccc(CN[C@H]2CCCOc3c(F)cccc32)cn1. The normalized spacial score (nSPS) is 16.9. The fraction of sp³-hybridized carbons (Fsp3) is 0.450. The maximum Gasteiger partial charge on any atom is 0.165 e. The lowest BCUT2D eigenvalue weighted by Gasteiger charge is -2.23. The van der Waals surface area contributed by atoms with Gasteiger partial charge in [0.05, 0.1) is 6.61 Å². The van der Waals surface area contributed by atoms with E-state index in [0.29, 0.717) is 24.9 Å². The van der Waals surface area contributed by atoms with Crippen LogP contribution in [0.25, 0.3) is 0 Å². The first-order valence-corrected chi connectivity index (χ1v) is 8.88. The molecule has 2 heterocycles. The van der Waals surface area contributed by atoms with E-state index in [-0.39, 0.29) is 11.9 Å². The van der Waals surface area contributed by atoms with Gasteiger partial charge in [0.1, 0.15) is 5.82 Å². The van der Waals surface area contributed by atoms with Gasteiger partial charge in [0.15, 0.2) is 11.6 Å². The second-order valence-corrected chi connectivity index (χ2v) is 6.81. The number of hydrogen-bond donors (Lipinski definition) is 1. The van der Waals surface area contributed by atoms with Gasteiger partial charge in [0, 0.05) is 37.4 Å². The third-order valence-corrected chi connectivity index (χ3v) is 4.75. The monoisotopic (exact) mass is 343 g/mol. The maximum absolute atomic E-state index is 14.0. The molecule has 4 nitrogen and oxygen atoms in total. The number of anilines is 1. The Morgan fingerprint density at radius 3 is 2.88 bits per heavy atom.